The van der Waals surface area contributed by atoms with E-state index in [2.05, 4.69) is 9.97 Å². The smallest absolute Gasteiger partial charge is 0.335 e. The molecule has 2 aromatic rings. The van der Waals surface area contributed by atoms with Gasteiger partial charge in [0.25, 0.3) is 0 Å². The number of carboxylic acid groups (broad SMARTS) is 1. The minimum absolute atomic E-state index is 0.269. The molecule has 2 aromatic heterocycles. The summed E-state index contributed by atoms with van der Waals surface area (Å²) in [5.41, 5.74) is 0.734. The summed E-state index contributed by atoms with van der Waals surface area (Å²) in [6.07, 6.45) is 4.49. The maximum atomic E-state index is 10.2. The first-order valence-electron chi connectivity index (χ1n) is 4.68. The fourth-order valence-electron chi connectivity index (χ4n) is 0.923. The third kappa shape index (κ3) is 4.53. The van der Waals surface area contributed by atoms with E-state index < -0.39 is 5.97 Å². The predicted octanol–water partition coefficient (Wildman–Crippen LogP) is 1.73. The number of pyridine rings is 2. The van der Waals surface area contributed by atoms with Gasteiger partial charge in [-0.25, -0.2) is 9.78 Å². The van der Waals surface area contributed by atoms with Gasteiger partial charge in [-0.1, -0.05) is 6.07 Å². The molecule has 0 amide bonds. The van der Waals surface area contributed by atoms with Crippen LogP contribution in [0.1, 0.15) is 16.1 Å². The second-order valence-corrected chi connectivity index (χ2v) is 2.87. The van der Waals surface area contributed by atoms with Gasteiger partial charge in [-0.3, -0.25) is 4.98 Å². The summed E-state index contributed by atoms with van der Waals surface area (Å²) in [5, 5.41) is 16.6. The number of aromatic nitrogens is 2. The van der Waals surface area contributed by atoms with Gasteiger partial charge >= 0.3 is 5.97 Å². The van der Waals surface area contributed by atoms with Crippen molar-refractivity contribution in [1.82, 2.24) is 9.97 Å². The van der Waals surface area contributed by atoms with E-state index in [1.165, 1.54) is 24.5 Å². The first-order valence-corrected chi connectivity index (χ1v) is 4.68. The Morgan fingerprint density at radius 2 is 1.88 bits per heavy atom. The summed E-state index contributed by atoms with van der Waals surface area (Å²) in [4.78, 5) is 17.6. The van der Waals surface area contributed by atoms with Gasteiger partial charge in [0.1, 0.15) is 11.8 Å². The van der Waals surface area contributed by atoms with E-state index in [4.69, 9.17) is 10.4 Å². The zero-order valence-electron chi connectivity index (χ0n) is 8.82. The number of hydrogen-bond donors (Lipinski definition) is 1. The zero-order chi connectivity index (χ0) is 12.5. The highest BCUT2D eigenvalue weighted by Gasteiger charge is 1.97. The number of nitrogens with zero attached hydrogens (tertiary/aromatic N) is 3. The van der Waals surface area contributed by atoms with Gasteiger partial charge in [0.05, 0.1) is 5.56 Å². The van der Waals surface area contributed by atoms with E-state index in [1.54, 1.807) is 24.4 Å². The summed E-state index contributed by atoms with van der Waals surface area (Å²) in [5.74, 6) is -0.919. The maximum absolute atomic E-state index is 10.2. The standard InChI is InChI=1S/C6H4N2.C6H5NO2/c7-5-6-3-1-2-4-8-6;8-6(9)5-1-3-7-4-2-5/h1-4H;1-4H,(H,8,9). The Kier molecular flexibility index (Phi) is 4.85. The van der Waals surface area contributed by atoms with Gasteiger partial charge < -0.3 is 5.11 Å². The van der Waals surface area contributed by atoms with E-state index in [0.29, 0.717) is 5.69 Å². The molecule has 1 N–H and O–H groups in total. The lowest BCUT2D eigenvalue weighted by Crippen LogP contribution is -1.94. The van der Waals surface area contributed by atoms with E-state index in [0.717, 1.165) is 0 Å². The molecule has 0 bridgehead atoms. The van der Waals surface area contributed by atoms with Crippen molar-refractivity contribution >= 4 is 5.97 Å². The van der Waals surface area contributed by atoms with Crippen LogP contribution in [0.5, 0.6) is 0 Å². The molecule has 2 heterocycles. The number of carbonyl (C=O) groups is 1. The predicted molar refractivity (Wildman–Crippen MR) is 60.1 cm³/mol. The SMILES string of the molecule is N#Cc1ccccn1.O=C(O)c1ccncc1. The van der Waals surface area contributed by atoms with Crippen LogP contribution in [0.4, 0.5) is 0 Å². The van der Waals surface area contributed by atoms with Gasteiger partial charge in [-0.15, -0.1) is 0 Å². The molecule has 0 fully saturated rings. The number of carboxylic acids is 1. The second-order valence-electron chi connectivity index (χ2n) is 2.87. The van der Waals surface area contributed by atoms with Crippen LogP contribution in [0.15, 0.2) is 48.9 Å². The first-order chi connectivity index (χ1) is 8.24. The number of aromatic carboxylic acids is 1. The number of nitriles is 1. The molecular weight excluding hydrogens is 218 g/mol. The molecule has 5 heteroatoms. The molecule has 0 saturated carbocycles. The fourth-order valence-corrected chi connectivity index (χ4v) is 0.923. The highest BCUT2D eigenvalue weighted by molar-refractivity contribution is 5.87. The molecule has 0 aliphatic rings. The van der Waals surface area contributed by atoms with Crippen LogP contribution in [0, 0.1) is 11.3 Å². The largest absolute Gasteiger partial charge is 0.478 e. The molecular formula is C12H9N3O2. The molecule has 0 aliphatic heterocycles. The van der Waals surface area contributed by atoms with Crippen molar-refractivity contribution in [1.29, 1.82) is 5.26 Å². The van der Waals surface area contributed by atoms with Gasteiger partial charge in [0, 0.05) is 18.6 Å². The van der Waals surface area contributed by atoms with Crippen molar-refractivity contribution in [2.45, 2.75) is 0 Å². The van der Waals surface area contributed by atoms with Crippen molar-refractivity contribution in [3.05, 3.63) is 60.2 Å². The van der Waals surface area contributed by atoms with Crippen molar-refractivity contribution in [2.24, 2.45) is 0 Å². The zero-order valence-corrected chi connectivity index (χ0v) is 8.82. The van der Waals surface area contributed by atoms with Crippen molar-refractivity contribution in [3.8, 4) is 6.07 Å². The Bertz CT molecular complexity index is 506. The Balaban J connectivity index is 0.000000171. The van der Waals surface area contributed by atoms with Crippen molar-refractivity contribution < 1.29 is 9.90 Å². The topological polar surface area (TPSA) is 86.9 Å². The van der Waals surface area contributed by atoms with Gasteiger partial charge in [-0.05, 0) is 24.3 Å². The van der Waals surface area contributed by atoms with Gasteiger partial charge in [0.2, 0.25) is 0 Å². The molecule has 0 spiro atoms. The van der Waals surface area contributed by atoms with Crippen molar-refractivity contribution in [2.75, 3.05) is 0 Å². The maximum Gasteiger partial charge on any atom is 0.335 e. The molecule has 0 saturated heterocycles. The average Bonchev–Trinajstić information content (AvgIpc) is 2.41. The van der Waals surface area contributed by atoms with E-state index in [9.17, 15) is 4.79 Å². The average molecular weight is 227 g/mol. The van der Waals surface area contributed by atoms with Crippen molar-refractivity contribution in [3.63, 3.8) is 0 Å². The third-order valence-corrected chi connectivity index (χ3v) is 1.71. The monoisotopic (exact) mass is 227 g/mol. The van der Waals surface area contributed by atoms with Crippen LogP contribution < -0.4 is 0 Å². The lowest BCUT2D eigenvalue weighted by atomic mass is 10.3. The lowest BCUT2D eigenvalue weighted by molar-refractivity contribution is 0.0697. The number of hydrogen-bond acceptors (Lipinski definition) is 4. The molecule has 0 radical (unpaired) electrons. The summed E-state index contributed by atoms with van der Waals surface area (Å²) in [6.45, 7) is 0. The van der Waals surface area contributed by atoms with Crippen LogP contribution in [-0.2, 0) is 0 Å². The Morgan fingerprint density at radius 1 is 1.18 bits per heavy atom. The van der Waals surface area contributed by atoms with Crippen LogP contribution in [0.2, 0.25) is 0 Å². The normalized spacial score (nSPS) is 8.41. The summed E-state index contributed by atoms with van der Waals surface area (Å²) in [6, 6.07) is 10.0. The third-order valence-electron chi connectivity index (χ3n) is 1.71. The molecule has 0 aromatic carbocycles. The summed E-state index contributed by atoms with van der Waals surface area (Å²) in [7, 11) is 0. The van der Waals surface area contributed by atoms with Gasteiger partial charge in [0.15, 0.2) is 0 Å². The van der Waals surface area contributed by atoms with Crippen LogP contribution in [0.3, 0.4) is 0 Å². The summed E-state index contributed by atoms with van der Waals surface area (Å²) < 4.78 is 0. The van der Waals surface area contributed by atoms with Crippen LogP contribution in [-0.4, -0.2) is 21.0 Å². The van der Waals surface area contributed by atoms with E-state index in [-0.39, 0.29) is 5.56 Å². The van der Waals surface area contributed by atoms with Crippen LogP contribution in [0.25, 0.3) is 0 Å². The molecule has 0 aliphatic carbocycles. The Hall–Kier alpha value is -2.74. The number of rotatable bonds is 1. The highest BCUT2D eigenvalue weighted by Crippen LogP contribution is 1.93. The van der Waals surface area contributed by atoms with Crippen LogP contribution >= 0.6 is 0 Å². The molecule has 0 atom stereocenters. The minimum Gasteiger partial charge on any atom is -0.478 e. The first kappa shape index (κ1) is 12.3. The van der Waals surface area contributed by atoms with Gasteiger partial charge in [-0.2, -0.15) is 5.26 Å². The molecule has 2 rings (SSSR count). The molecule has 5 nitrogen and oxygen atoms in total. The van der Waals surface area contributed by atoms with E-state index >= 15 is 0 Å². The second kappa shape index (κ2) is 6.69. The molecule has 84 valence electrons. The summed E-state index contributed by atoms with van der Waals surface area (Å²) >= 11 is 0. The Morgan fingerprint density at radius 3 is 2.24 bits per heavy atom. The lowest BCUT2D eigenvalue weighted by Gasteiger charge is -1.87. The fraction of sp³-hybridized carbons (Fsp3) is 0. The molecule has 0 unspecified atom stereocenters. The Labute approximate surface area is 98.0 Å². The molecule has 17 heavy (non-hydrogen) atoms. The van der Waals surface area contributed by atoms with E-state index in [1.807, 2.05) is 6.07 Å². The minimum atomic E-state index is -0.919. The quantitative estimate of drug-likeness (QED) is 0.801. The highest BCUT2D eigenvalue weighted by atomic mass is 16.4.